The minimum Gasteiger partial charge on any atom is -0.193 e. The minimum atomic E-state index is 0.735. The molecule has 0 atom stereocenters. The first-order chi connectivity index (χ1) is 9.83. The highest BCUT2D eigenvalue weighted by Gasteiger charge is 2.20. The van der Waals surface area contributed by atoms with Gasteiger partial charge >= 0.3 is 0 Å². The third kappa shape index (κ3) is 4.01. The predicted molar refractivity (Wildman–Crippen MR) is 83.1 cm³/mol. The lowest BCUT2D eigenvalue weighted by Gasteiger charge is -2.28. The molecule has 0 amide bonds. The SMILES string of the molecule is CCC1CCC(c2ccc(C#CC=CC#N)cc2)CC1. The van der Waals surface area contributed by atoms with Crippen LogP contribution in [-0.2, 0) is 0 Å². The maximum absolute atomic E-state index is 8.38. The average molecular weight is 263 g/mol. The summed E-state index contributed by atoms with van der Waals surface area (Å²) in [6, 6.07) is 10.5. The maximum Gasteiger partial charge on any atom is 0.0918 e. The standard InChI is InChI=1S/C19H21N/c1-2-16-7-11-18(12-8-16)19-13-9-17(10-14-19)6-4-3-5-15-20/h3,5,9-10,13-14,16,18H,2,7-8,11-12H2,1H3. The van der Waals surface area contributed by atoms with Crippen LogP contribution in [0, 0.1) is 29.1 Å². The van der Waals surface area contributed by atoms with Crippen molar-refractivity contribution < 1.29 is 0 Å². The molecule has 0 spiro atoms. The second-order valence-corrected chi connectivity index (χ2v) is 5.48. The van der Waals surface area contributed by atoms with Crippen molar-refractivity contribution in [1.82, 2.24) is 0 Å². The summed E-state index contributed by atoms with van der Waals surface area (Å²) in [4.78, 5) is 0. The number of allylic oxidation sites excluding steroid dienone is 2. The zero-order valence-corrected chi connectivity index (χ0v) is 12.1. The highest BCUT2D eigenvalue weighted by atomic mass is 14.3. The Labute approximate surface area is 122 Å². The molecule has 0 bridgehead atoms. The van der Waals surface area contributed by atoms with Crippen LogP contribution >= 0.6 is 0 Å². The van der Waals surface area contributed by atoms with Crippen molar-refractivity contribution in [2.45, 2.75) is 44.9 Å². The fraction of sp³-hybridized carbons (Fsp3) is 0.421. The average Bonchev–Trinajstić information content (AvgIpc) is 2.52. The number of rotatable bonds is 2. The minimum absolute atomic E-state index is 0.735. The summed E-state index contributed by atoms with van der Waals surface area (Å²) in [5.74, 6) is 7.58. The van der Waals surface area contributed by atoms with Crippen molar-refractivity contribution in [2.24, 2.45) is 5.92 Å². The summed E-state index contributed by atoms with van der Waals surface area (Å²) in [5, 5.41) is 8.38. The Morgan fingerprint density at radius 3 is 2.40 bits per heavy atom. The third-order valence-corrected chi connectivity index (χ3v) is 4.26. The van der Waals surface area contributed by atoms with Crippen LogP contribution in [0.4, 0.5) is 0 Å². The molecule has 1 aromatic rings. The molecule has 1 aromatic carbocycles. The lowest BCUT2D eigenvalue weighted by Crippen LogP contribution is -2.12. The fourth-order valence-corrected chi connectivity index (χ4v) is 2.95. The van der Waals surface area contributed by atoms with Crippen LogP contribution < -0.4 is 0 Å². The zero-order valence-electron chi connectivity index (χ0n) is 12.1. The van der Waals surface area contributed by atoms with E-state index in [-0.39, 0.29) is 0 Å². The molecule has 1 aliphatic rings. The van der Waals surface area contributed by atoms with E-state index in [0.29, 0.717) is 0 Å². The van der Waals surface area contributed by atoms with Gasteiger partial charge in [-0.1, -0.05) is 37.3 Å². The van der Waals surface area contributed by atoms with E-state index in [2.05, 4.69) is 43.0 Å². The Morgan fingerprint density at radius 2 is 1.80 bits per heavy atom. The van der Waals surface area contributed by atoms with Gasteiger partial charge in [-0.15, -0.1) is 0 Å². The van der Waals surface area contributed by atoms with E-state index < -0.39 is 0 Å². The molecule has 20 heavy (non-hydrogen) atoms. The van der Waals surface area contributed by atoms with Gasteiger partial charge in [-0.2, -0.15) is 5.26 Å². The van der Waals surface area contributed by atoms with Crippen LogP contribution in [0.1, 0.15) is 56.1 Å². The maximum atomic E-state index is 8.38. The van der Waals surface area contributed by atoms with Gasteiger partial charge in [0, 0.05) is 11.6 Å². The molecule has 0 heterocycles. The van der Waals surface area contributed by atoms with Gasteiger partial charge in [-0.05, 0) is 61.3 Å². The third-order valence-electron chi connectivity index (χ3n) is 4.26. The number of benzene rings is 1. The number of nitrogens with zero attached hydrogens (tertiary/aromatic N) is 1. The number of hydrogen-bond donors (Lipinski definition) is 0. The molecule has 0 saturated heterocycles. The molecule has 1 heteroatoms. The Balaban J connectivity index is 1.96. The number of nitriles is 1. The van der Waals surface area contributed by atoms with E-state index in [1.807, 2.05) is 6.07 Å². The first-order valence-electron chi connectivity index (χ1n) is 7.49. The second kappa shape index (κ2) is 7.56. The van der Waals surface area contributed by atoms with Crippen molar-refractivity contribution in [3.05, 3.63) is 47.5 Å². The zero-order chi connectivity index (χ0) is 14.2. The van der Waals surface area contributed by atoms with Gasteiger partial charge in [0.15, 0.2) is 0 Å². The van der Waals surface area contributed by atoms with Crippen molar-refractivity contribution in [2.75, 3.05) is 0 Å². The molecular weight excluding hydrogens is 242 g/mol. The van der Waals surface area contributed by atoms with E-state index in [1.165, 1.54) is 43.7 Å². The highest BCUT2D eigenvalue weighted by Crippen LogP contribution is 2.36. The van der Waals surface area contributed by atoms with Gasteiger partial charge in [0.25, 0.3) is 0 Å². The van der Waals surface area contributed by atoms with Crippen LogP contribution in [0.3, 0.4) is 0 Å². The van der Waals surface area contributed by atoms with Gasteiger partial charge in [0.1, 0.15) is 0 Å². The van der Waals surface area contributed by atoms with Gasteiger partial charge < -0.3 is 0 Å². The smallest absolute Gasteiger partial charge is 0.0918 e. The normalized spacial score (nSPS) is 22.0. The van der Waals surface area contributed by atoms with E-state index in [1.54, 1.807) is 6.08 Å². The molecular formula is C19H21N. The Morgan fingerprint density at radius 1 is 1.10 bits per heavy atom. The molecule has 1 aliphatic carbocycles. The Kier molecular flexibility index (Phi) is 5.45. The van der Waals surface area contributed by atoms with E-state index in [4.69, 9.17) is 5.26 Å². The number of hydrogen-bond acceptors (Lipinski definition) is 1. The monoisotopic (exact) mass is 263 g/mol. The van der Waals surface area contributed by atoms with Gasteiger partial charge in [-0.25, -0.2) is 0 Å². The largest absolute Gasteiger partial charge is 0.193 e. The molecule has 1 nitrogen and oxygen atoms in total. The van der Waals surface area contributed by atoms with Crippen molar-refractivity contribution in [3.63, 3.8) is 0 Å². The fourth-order valence-electron chi connectivity index (χ4n) is 2.95. The van der Waals surface area contributed by atoms with E-state index >= 15 is 0 Å². The molecule has 1 fully saturated rings. The Bertz CT molecular complexity index is 540. The predicted octanol–water partition coefficient (Wildman–Crippen LogP) is 4.80. The second-order valence-electron chi connectivity index (χ2n) is 5.48. The van der Waals surface area contributed by atoms with Gasteiger partial charge in [-0.3, -0.25) is 0 Å². The molecule has 0 N–H and O–H groups in total. The summed E-state index contributed by atoms with van der Waals surface area (Å²) in [5.41, 5.74) is 2.47. The first-order valence-corrected chi connectivity index (χ1v) is 7.49. The summed E-state index contributed by atoms with van der Waals surface area (Å²) in [7, 11) is 0. The molecule has 2 rings (SSSR count). The van der Waals surface area contributed by atoms with Crippen LogP contribution in [0.5, 0.6) is 0 Å². The summed E-state index contributed by atoms with van der Waals surface area (Å²) in [6.45, 7) is 2.30. The van der Waals surface area contributed by atoms with Crippen molar-refractivity contribution in [3.8, 4) is 17.9 Å². The quantitative estimate of drug-likeness (QED) is 0.555. The molecule has 0 unspecified atom stereocenters. The Hall–Kier alpha value is -1.99. The van der Waals surface area contributed by atoms with Gasteiger partial charge in [0.05, 0.1) is 6.07 Å². The van der Waals surface area contributed by atoms with Crippen LogP contribution in [0.25, 0.3) is 0 Å². The molecule has 0 aromatic heterocycles. The van der Waals surface area contributed by atoms with Crippen molar-refractivity contribution >= 4 is 0 Å². The molecule has 102 valence electrons. The van der Waals surface area contributed by atoms with Gasteiger partial charge in [0.2, 0.25) is 0 Å². The molecule has 1 saturated carbocycles. The summed E-state index contributed by atoms with van der Waals surface area (Å²) in [6.07, 6.45) is 9.72. The topological polar surface area (TPSA) is 23.8 Å². The van der Waals surface area contributed by atoms with Crippen LogP contribution in [-0.4, -0.2) is 0 Å². The van der Waals surface area contributed by atoms with Crippen molar-refractivity contribution in [1.29, 1.82) is 5.26 Å². The van der Waals surface area contributed by atoms with E-state index in [0.717, 1.165) is 17.4 Å². The highest BCUT2D eigenvalue weighted by molar-refractivity contribution is 5.39. The van der Waals surface area contributed by atoms with E-state index in [9.17, 15) is 0 Å². The van der Waals surface area contributed by atoms with Crippen LogP contribution in [0.2, 0.25) is 0 Å². The molecule has 0 aliphatic heterocycles. The molecule has 0 radical (unpaired) electrons. The summed E-state index contributed by atoms with van der Waals surface area (Å²) >= 11 is 0. The first kappa shape index (κ1) is 14.4. The lowest BCUT2D eigenvalue weighted by molar-refractivity contribution is 0.319. The van der Waals surface area contributed by atoms with Crippen LogP contribution in [0.15, 0.2) is 36.4 Å². The lowest BCUT2D eigenvalue weighted by atomic mass is 9.78. The summed E-state index contributed by atoms with van der Waals surface area (Å²) < 4.78 is 0.